The Morgan fingerprint density at radius 3 is 2.67 bits per heavy atom. The number of methoxy groups -OCH3 is 1. The molecule has 0 aromatic heterocycles. The maximum absolute atomic E-state index is 12.9. The van der Waals surface area contributed by atoms with E-state index in [1.54, 1.807) is 12.0 Å². The second-order valence-electron chi connectivity index (χ2n) is 7.36. The van der Waals surface area contributed by atoms with Gasteiger partial charge in [-0.2, -0.15) is 0 Å². The summed E-state index contributed by atoms with van der Waals surface area (Å²) in [5.41, 5.74) is 4.87. The Kier molecular flexibility index (Phi) is 7.12. The first kappa shape index (κ1) is 21.4. The van der Waals surface area contributed by atoms with Gasteiger partial charge >= 0.3 is 0 Å². The maximum Gasteiger partial charge on any atom is 0.253 e. The van der Waals surface area contributed by atoms with Gasteiger partial charge < -0.3 is 20.3 Å². The van der Waals surface area contributed by atoms with Crippen LogP contribution in [0.4, 0.5) is 0 Å². The summed E-state index contributed by atoms with van der Waals surface area (Å²) in [6, 6.07) is 16.2. The SMILES string of the molecule is CCN(C)C(=O)C1=C(c2cccc(C)c2)NC(NCCc2ccc(OC)cc2)=NC1. The van der Waals surface area contributed by atoms with Gasteiger partial charge in [-0.15, -0.1) is 0 Å². The number of nitrogens with zero attached hydrogens (tertiary/aromatic N) is 2. The molecule has 158 valence electrons. The zero-order chi connectivity index (χ0) is 21.5. The van der Waals surface area contributed by atoms with E-state index in [1.807, 2.05) is 38.2 Å². The van der Waals surface area contributed by atoms with E-state index >= 15 is 0 Å². The molecule has 0 atom stereocenters. The molecule has 1 aliphatic heterocycles. The minimum absolute atomic E-state index is 0.00235. The number of ether oxygens (including phenoxy) is 1. The Morgan fingerprint density at radius 1 is 1.23 bits per heavy atom. The number of aliphatic imine (C=N–C) groups is 1. The van der Waals surface area contributed by atoms with Crippen molar-refractivity contribution in [2.45, 2.75) is 20.3 Å². The molecule has 30 heavy (non-hydrogen) atoms. The van der Waals surface area contributed by atoms with Crippen LogP contribution in [0.1, 0.15) is 23.6 Å². The van der Waals surface area contributed by atoms with Crippen LogP contribution in [0.3, 0.4) is 0 Å². The predicted molar refractivity (Wildman–Crippen MR) is 122 cm³/mol. The minimum Gasteiger partial charge on any atom is -0.497 e. The molecule has 0 spiro atoms. The van der Waals surface area contributed by atoms with Gasteiger partial charge in [0.15, 0.2) is 5.96 Å². The van der Waals surface area contributed by atoms with Crippen LogP contribution in [0.2, 0.25) is 0 Å². The van der Waals surface area contributed by atoms with E-state index in [1.165, 1.54) is 5.56 Å². The number of rotatable bonds is 7. The van der Waals surface area contributed by atoms with Crippen LogP contribution >= 0.6 is 0 Å². The molecule has 0 saturated carbocycles. The first-order valence-corrected chi connectivity index (χ1v) is 10.3. The lowest BCUT2D eigenvalue weighted by Gasteiger charge is -2.25. The Balaban J connectivity index is 1.71. The second-order valence-corrected chi connectivity index (χ2v) is 7.36. The lowest BCUT2D eigenvalue weighted by Crippen LogP contribution is -2.42. The summed E-state index contributed by atoms with van der Waals surface area (Å²) in [6.07, 6.45) is 0.860. The van der Waals surface area contributed by atoms with Crippen LogP contribution in [-0.4, -0.2) is 50.6 Å². The molecule has 2 aromatic carbocycles. The predicted octanol–water partition coefficient (Wildman–Crippen LogP) is 2.98. The van der Waals surface area contributed by atoms with E-state index in [0.29, 0.717) is 24.6 Å². The second kappa shape index (κ2) is 9.96. The molecule has 0 fully saturated rings. The Labute approximate surface area is 178 Å². The summed E-state index contributed by atoms with van der Waals surface area (Å²) >= 11 is 0. The molecular formula is C24H30N4O2. The lowest BCUT2D eigenvalue weighted by atomic mass is 10.0. The van der Waals surface area contributed by atoms with Crippen LogP contribution in [0.25, 0.3) is 5.70 Å². The van der Waals surface area contributed by atoms with Gasteiger partial charge in [-0.3, -0.25) is 4.79 Å². The Morgan fingerprint density at radius 2 is 2.00 bits per heavy atom. The standard InChI is InChI=1S/C24H30N4O2/c1-5-28(3)23(29)21-16-26-24(27-22(21)19-8-6-7-17(2)15-19)25-14-13-18-9-11-20(30-4)12-10-18/h6-12,15H,5,13-14,16H2,1-4H3,(H2,25,26,27). The van der Waals surface area contributed by atoms with Crippen LogP contribution in [-0.2, 0) is 11.2 Å². The summed E-state index contributed by atoms with van der Waals surface area (Å²) < 4.78 is 5.20. The molecule has 3 rings (SSSR count). The van der Waals surface area contributed by atoms with E-state index in [4.69, 9.17) is 4.74 Å². The molecule has 2 aromatic rings. The normalized spacial score (nSPS) is 13.4. The molecule has 0 saturated heterocycles. The van der Waals surface area contributed by atoms with Crippen molar-refractivity contribution in [3.8, 4) is 5.75 Å². The first-order chi connectivity index (χ1) is 14.5. The minimum atomic E-state index is 0.00235. The van der Waals surface area contributed by atoms with Gasteiger partial charge in [-0.25, -0.2) is 4.99 Å². The molecule has 1 aliphatic rings. The van der Waals surface area contributed by atoms with Crippen molar-refractivity contribution in [2.75, 3.05) is 33.8 Å². The molecule has 1 heterocycles. The monoisotopic (exact) mass is 406 g/mol. The van der Waals surface area contributed by atoms with E-state index < -0.39 is 0 Å². The average Bonchev–Trinajstić information content (AvgIpc) is 2.78. The van der Waals surface area contributed by atoms with Gasteiger partial charge in [0.05, 0.1) is 24.9 Å². The van der Waals surface area contributed by atoms with E-state index in [9.17, 15) is 4.79 Å². The maximum atomic E-state index is 12.9. The van der Waals surface area contributed by atoms with Crippen molar-refractivity contribution in [2.24, 2.45) is 4.99 Å². The van der Waals surface area contributed by atoms with Gasteiger partial charge in [0.1, 0.15) is 5.75 Å². The van der Waals surface area contributed by atoms with Crippen molar-refractivity contribution < 1.29 is 9.53 Å². The zero-order valence-corrected chi connectivity index (χ0v) is 18.2. The fourth-order valence-corrected chi connectivity index (χ4v) is 3.28. The summed E-state index contributed by atoms with van der Waals surface area (Å²) in [7, 11) is 3.48. The highest BCUT2D eigenvalue weighted by molar-refractivity contribution is 6.06. The van der Waals surface area contributed by atoms with Crippen molar-refractivity contribution in [3.63, 3.8) is 0 Å². The van der Waals surface area contributed by atoms with E-state index in [0.717, 1.165) is 35.5 Å². The Bertz CT molecular complexity index is 948. The summed E-state index contributed by atoms with van der Waals surface area (Å²) in [5.74, 6) is 1.55. The fourth-order valence-electron chi connectivity index (χ4n) is 3.28. The Hall–Kier alpha value is -3.28. The number of likely N-dealkylation sites (N-methyl/N-ethyl adjacent to an activating group) is 1. The number of hydrogen-bond acceptors (Lipinski definition) is 5. The van der Waals surface area contributed by atoms with Crippen LogP contribution in [0.15, 0.2) is 59.1 Å². The molecule has 1 amide bonds. The number of hydrogen-bond donors (Lipinski definition) is 2. The van der Waals surface area contributed by atoms with Crippen molar-refractivity contribution in [1.29, 1.82) is 0 Å². The molecule has 2 N–H and O–H groups in total. The number of carbonyl (C=O) groups excluding carboxylic acids is 1. The molecule has 0 aliphatic carbocycles. The van der Waals surface area contributed by atoms with Gasteiger partial charge in [-0.05, 0) is 49.6 Å². The molecule has 6 heteroatoms. The molecule has 0 bridgehead atoms. The third-order valence-electron chi connectivity index (χ3n) is 5.19. The van der Waals surface area contributed by atoms with Gasteiger partial charge in [0, 0.05) is 20.1 Å². The molecule has 0 radical (unpaired) electrons. The lowest BCUT2D eigenvalue weighted by molar-refractivity contribution is -0.125. The zero-order valence-electron chi connectivity index (χ0n) is 18.2. The number of aryl methyl sites for hydroxylation is 1. The highest BCUT2D eigenvalue weighted by Gasteiger charge is 2.24. The number of nitrogens with one attached hydrogen (secondary N) is 2. The number of carbonyl (C=O) groups is 1. The van der Waals surface area contributed by atoms with Crippen molar-refractivity contribution >= 4 is 17.6 Å². The summed E-state index contributed by atoms with van der Waals surface area (Å²) in [4.78, 5) is 19.2. The van der Waals surface area contributed by atoms with Gasteiger partial charge in [0.2, 0.25) is 0 Å². The van der Waals surface area contributed by atoms with Crippen molar-refractivity contribution in [3.05, 3.63) is 70.8 Å². The topological polar surface area (TPSA) is 66.0 Å². The van der Waals surface area contributed by atoms with Crippen molar-refractivity contribution in [1.82, 2.24) is 15.5 Å². The summed E-state index contributed by atoms with van der Waals surface area (Å²) in [6.45, 7) is 5.76. The highest BCUT2D eigenvalue weighted by atomic mass is 16.5. The number of guanidine groups is 1. The van der Waals surface area contributed by atoms with Crippen LogP contribution in [0, 0.1) is 6.92 Å². The van der Waals surface area contributed by atoms with Gasteiger partial charge in [0.25, 0.3) is 5.91 Å². The highest BCUT2D eigenvalue weighted by Crippen LogP contribution is 2.22. The molecule has 0 unspecified atom stereocenters. The van der Waals surface area contributed by atoms with Gasteiger partial charge in [-0.1, -0.05) is 35.9 Å². The van der Waals surface area contributed by atoms with Crippen LogP contribution < -0.4 is 15.4 Å². The third-order valence-corrected chi connectivity index (χ3v) is 5.19. The summed E-state index contributed by atoms with van der Waals surface area (Å²) in [5, 5.41) is 6.73. The molecule has 6 nitrogen and oxygen atoms in total. The quantitative estimate of drug-likeness (QED) is 0.742. The van der Waals surface area contributed by atoms with Crippen LogP contribution in [0.5, 0.6) is 5.75 Å². The first-order valence-electron chi connectivity index (χ1n) is 10.3. The third kappa shape index (κ3) is 5.20. The average molecular weight is 407 g/mol. The number of benzene rings is 2. The number of amides is 1. The fraction of sp³-hybridized carbons (Fsp3) is 0.333. The molecular weight excluding hydrogens is 376 g/mol. The van der Waals surface area contributed by atoms with E-state index in [-0.39, 0.29) is 5.91 Å². The largest absolute Gasteiger partial charge is 0.497 e. The van der Waals surface area contributed by atoms with E-state index in [2.05, 4.69) is 46.8 Å². The smallest absolute Gasteiger partial charge is 0.253 e.